The molecule has 3 aromatic carbocycles. The second-order valence-corrected chi connectivity index (χ2v) is 14.3. The molecule has 5 rings (SSSR count). The summed E-state index contributed by atoms with van der Waals surface area (Å²) < 4.78 is 29.2. The molecule has 0 unspecified atom stereocenters. The van der Waals surface area contributed by atoms with Crippen LogP contribution in [0.25, 0.3) is 0 Å². The Morgan fingerprint density at radius 1 is 0.978 bits per heavy atom. The molecule has 8 nitrogen and oxygen atoms in total. The highest BCUT2D eigenvalue weighted by Gasteiger charge is 2.45. The molecule has 2 amide bonds. The van der Waals surface area contributed by atoms with E-state index in [4.69, 9.17) is 39.4 Å². The molecule has 0 saturated carbocycles. The van der Waals surface area contributed by atoms with E-state index in [9.17, 15) is 13.2 Å². The van der Waals surface area contributed by atoms with Crippen molar-refractivity contribution >= 4 is 44.9 Å². The number of hydrogen-bond donors (Lipinski definition) is 0. The van der Waals surface area contributed by atoms with Crippen LogP contribution >= 0.6 is 23.2 Å². The minimum atomic E-state index is -3.02. The summed E-state index contributed by atoms with van der Waals surface area (Å²) in [6.45, 7) is 5.24. The van der Waals surface area contributed by atoms with E-state index >= 15 is 0 Å². The molecule has 0 N–H and O–H groups in total. The van der Waals surface area contributed by atoms with Crippen LogP contribution in [-0.2, 0) is 9.84 Å². The molecule has 2 heterocycles. The predicted molar refractivity (Wildman–Crippen MR) is 180 cm³/mol. The number of rotatable bonds is 9. The number of amides is 2. The van der Waals surface area contributed by atoms with Crippen LogP contribution in [0.5, 0.6) is 5.75 Å². The fraction of sp³-hybridized carbons (Fsp3) is 0.353. The number of piperazine rings is 1. The van der Waals surface area contributed by atoms with Crippen molar-refractivity contribution in [3.05, 3.63) is 99.0 Å². The summed E-state index contributed by atoms with van der Waals surface area (Å²) in [5.74, 6) is 3.85. The molecule has 2 aliphatic rings. The fourth-order valence-electron chi connectivity index (χ4n) is 5.79. The van der Waals surface area contributed by atoms with Crippen molar-refractivity contribution in [1.82, 2.24) is 14.7 Å². The van der Waals surface area contributed by atoms with Gasteiger partial charge in [-0.2, -0.15) is 0 Å². The smallest absolute Gasteiger partial charge is 0.326 e. The number of amidine groups is 1. The van der Waals surface area contributed by atoms with Gasteiger partial charge >= 0.3 is 6.03 Å². The zero-order chi connectivity index (χ0) is 32.1. The SMILES string of the molecule is C#Cc1ccc(C2=N[C@@H](c3ccc(Cl)cc3)[C@@H](c3ccc(Cl)cc3)N2C(=O)N2CCN(CCCS(C)(=O)=O)CC2)c(OCC)c1. The second-order valence-electron chi connectivity index (χ2n) is 11.2. The number of ether oxygens (including phenoxy) is 1. The average Bonchev–Trinajstić information content (AvgIpc) is 3.41. The lowest BCUT2D eigenvalue weighted by Crippen LogP contribution is -2.54. The molecule has 0 aromatic heterocycles. The Hall–Kier alpha value is -3.55. The summed E-state index contributed by atoms with van der Waals surface area (Å²) in [6, 6.07) is 19.4. The molecule has 0 radical (unpaired) electrons. The highest BCUT2D eigenvalue weighted by Crippen LogP contribution is 2.45. The van der Waals surface area contributed by atoms with Gasteiger partial charge in [0.05, 0.1) is 24.0 Å². The number of aliphatic imine (C=N–C) groups is 1. The number of carbonyl (C=O) groups excluding carboxylic acids is 1. The van der Waals surface area contributed by atoms with E-state index in [1.807, 2.05) is 72.5 Å². The maximum absolute atomic E-state index is 14.7. The third-order valence-electron chi connectivity index (χ3n) is 8.02. The Kier molecular flexibility index (Phi) is 10.4. The van der Waals surface area contributed by atoms with Crippen LogP contribution in [0.4, 0.5) is 4.79 Å². The first-order chi connectivity index (χ1) is 21.6. The van der Waals surface area contributed by atoms with Crippen LogP contribution in [0.1, 0.15) is 47.7 Å². The molecule has 11 heteroatoms. The van der Waals surface area contributed by atoms with Crippen molar-refractivity contribution < 1.29 is 17.9 Å². The van der Waals surface area contributed by atoms with E-state index in [-0.39, 0.29) is 11.8 Å². The number of sulfone groups is 1. The highest BCUT2D eigenvalue weighted by atomic mass is 35.5. The summed E-state index contributed by atoms with van der Waals surface area (Å²) in [5.41, 5.74) is 3.11. The van der Waals surface area contributed by atoms with Crippen molar-refractivity contribution in [2.24, 2.45) is 4.99 Å². The van der Waals surface area contributed by atoms with Crippen LogP contribution in [0, 0.1) is 12.3 Å². The van der Waals surface area contributed by atoms with Crippen molar-refractivity contribution in [3.63, 3.8) is 0 Å². The van der Waals surface area contributed by atoms with E-state index in [0.717, 1.165) is 11.1 Å². The number of urea groups is 1. The van der Waals surface area contributed by atoms with Gasteiger partial charge in [0.2, 0.25) is 0 Å². The Morgan fingerprint density at radius 2 is 1.60 bits per heavy atom. The second kappa shape index (κ2) is 14.3. The molecule has 2 aliphatic heterocycles. The van der Waals surface area contributed by atoms with Crippen molar-refractivity contribution in [3.8, 4) is 18.1 Å². The van der Waals surface area contributed by atoms with E-state index < -0.39 is 21.9 Å². The maximum Gasteiger partial charge on any atom is 0.326 e. The number of benzene rings is 3. The van der Waals surface area contributed by atoms with Gasteiger partial charge in [-0.05, 0) is 73.5 Å². The Labute approximate surface area is 275 Å². The van der Waals surface area contributed by atoms with Gasteiger partial charge in [-0.25, -0.2) is 13.2 Å². The number of halogens is 2. The van der Waals surface area contributed by atoms with Crippen LogP contribution < -0.4 is 4.74 Å². The summed E-state index contributed by atoms with van der Waals surface area (Å²) in [5, 5.41) is 1.20. The largest absolute Gasteiger partial charge is 0.493 e. The Bertz CT molecular complexity index is 1700. The highest BCUT2D eigenvalue weighted by molar-refractivity contribution is 7.90. The monoisotopic (exact) mass is 666 g/mol. The maximum atomic E-state index is 14.7. The van der Waals surface area contributed by atoms with Crippen molar-refractivity contribution in [2.75, 3.05) is 51.3 Å². The van der Waals surface area contributed by atoms with Gasteiger partial charge in [0.15, 0.2) is 0 Å². The minimum Gasteiger partial charge on any atom is -0.493 e. The standard InChI is InChI=1S/C34H36Cl2N4O4S/c1-4-24-7-16-29(30(23-24)44-5-2)33-37-31(25-8-12-27(35)13-9-25)32(26-10-14-28(36)15-11-26)40(33)34(41)39-20-18-38(19-21-39)17-6-22-45(3,42)43/h1,7-16,23,31-32H,5-6,17-22H2,2-3H3/t31-,32+/m0/s1. The number of carbonyl (C=O) groups is 1. The van der Waals surface area contributed by atoms with E-state index in [1.54, 1.807) is 11.0 Å². The topological polar surface area (TPSA) is 82.5 Å². The molecule has 2 atom stereocenters. The van der Waals surface area contributed by atoms with Gasteiger partial charge < -0.3 is 9.64 Å². The molecule has 0 bridgehead atoms. The van der Waals surface area contributed by atoms with E-state index in [1.165, 1.54) is 6.26 Å². The lowest BCUT2D eigenvalue weighted by molar-refractivity contribution is 0.119. The number of terminal acetylenes is 1. The van der Waals surface area contributed by atoms with Crippen LogP contribution in [0.3, 0.4) is 0 Å². The quantitative estimate of drug-likeness (QED) is 0.258. The first-order valence-corrected chi connectivity index (χ1v) is 17.7. The number of nitrogens with zero attached hydrogens (tertiary/aromatic N) is 4. The van der Waals surface area contributed by atoms with E-state index in [0.29, 0.717) is 78.5 Å². The minimum absolute atomic E-state index is 0.148. The van der Waals surface area contributed by atoms with Gasteiger partial charge in [0, 0.05) is 48.0 Å². The van der Waals surface area contributed by atoms with E-state index in [2.05, 4.69) is 10.8 Å². The average molecular weight is 668 g/mol. The molecule has 0 aliphatic carbocycles. The summed E-state index contributed by atoms with van der Waals surface area (Å²) >= 11 is 12.5. The van der Waals surface area contributed by atoms with Crippen LogP contribution in [-0.4, -0.2) is 86.3 Å². The number of hydrogen-bond acceptors (Lipinski definition) is 6. The molecule has 236 valence electrons. The van der Waals surface area contributed by atoms with Crippen LogP contribution in [0.15, 0.2) is 71.7 Å². The molecule has 45 heavy (non-hydrogen) atoms. The first kappa shape index (κ1) is 32.8. The Balaban J connectivity index is 1.54. The van der Waals surface area contributed by atoms with Gasteiger partial charge in [0.1, 0.15) is 27.5 Å². The zero-order valence-corrected chi connectivity index (χ0v) is 27.7. The van der Waals surface area contributed by atoms with Gasteiger partial charge in [-0.1, -0.05) is 53.4 Å². The Morgan fingerprint density at radius 3 is 2.18 bits per heavy atom. The molecular formula is C34H36Cl2N4O4S. The van der Waals surface area contributed by atoms with Gasteiger partial charge in [-0.15, -0.1) is 6.42 Å². The fourth-order valence-corrected chi connectivity index (χ4v) is 6.70. The summed E-state index contributed by atoms with van der Waals surface area (Å²) in [4.78, 5) is 25.7. The zero-order valence-electron chi connectivity index (χ0n) is 25.3. The van der Waals surface area contributed by atoms with Gasteiger partial charge in [-0.3, -0.25) is 14.8 Å². The molecule has 1 saturated heterocycles. The third kappa shape index (κ3) is 7.82. The molecule has 0 spiro atoms. The van der Waals surface area contributed by atoms with Gasteiger partial charge in [0.25, 0.3) is 0 Å². The molecular weight excluding hydrogens is 631 g/mol. The predicted octanol–water partition coefficient (Wildman–Crippen LogP) is 6.09. The summed E-state index contributed by atoms with van der Waals surface area (Å²) in [7, 11) is -3.02. The molecule has 3 aromatic rings. The van der Waals surface area contributed by atoms with Crippen molar-refractivity contribution in [1.29, 1.82) is 0 Å². The normalized spacial score (nSPS) is 18.9. The summed E-state index contributed by atoms with van der Waals surface area (Å²) in [6.07, 6.45) is 7.53. The lowest BCUT2D eigenvalue weighted by atomic mass is 9.93. The third-order valence-corrected chi connectivity index (χ3v) is 9.55. The first-order valence-electron chi connectivity index (χ1n) is 14.9. The lowest BCUT2D eigenvalue weighted by Gasteiger charge is -2.39. The van der Waals surface area contributed by atoms with Crippen LogP contribution in [0.2, 0.25) is 10.0 Å². The molecule has 1 fully saturated rings. The van der Waals surface area contributed by atoms with Crippen molar-refractivity contribution in [2.45, 2.75) is 25.4 Å².